The highest BCUT2D eigenvalue weighted by atomic mass is 16.5. The first kappa shape index (κ1) is 20.8. The molecule has 3 unspecified atom stereocenters. The van der Waals surface area contributed by atoms with E-state index in [0.717, 1.165) is 37.7 Å². The number of hydrogen-bond acceptors (Lipinski definition) is 3. The molecule has 0 radical (unpaired) electrons. The van der Waals surface area contributed by atoms with Gasteiger partial charge in [0, 0.05) is 6.42 Å². The lowest BCUT2D eigenvalue weighted by atomic mass is 9.87. The van der Waals surface area contributed by atoms with Crippen LogP contribution in [0.4, 0.5) is 0 Å². The molecule has 2 fully saturated rings. The lowest BCUT2D eigenvalue weighted by Gasteiger charge is -2.25. The van der Waals surface area contributed by atoms with Gasteiger partial charge in [-0.15, -0.1) is 0 Å². The summed E-state index contributed by atoms with van der Waals surface area (Å²) in [4.78, 5) is 24.8. The minimum Gasteiger partial charge on any atom is -0.371 e. The summed E-state index contributed by atoms with van der Waals surface area (Å²) in [7, 11) is 0. The summed E-state index contributed by atoms with van der Waals surface area (Å²) in [5.74, 6) is 0.365. The molecule has 2 aliphatic carbocycles. The van der Waals surface area contributed by atoms with E-state index in [2.05, 4.69) is 10.6 Å². The molecule has 0 spiro atoms. The second-order valence-electron chi connectivity index (χ2n) is 8.38. The zero-order valence-corrected chi connectivity index (χ0v) is 17.0. The highest BCUT2D eigenvalue weighted by Gasteiger charge is 2.31. The third-order valence-corrected chi connectivity index (χ3v) is 6.06. The number of hydrogen-bond donors (Lipinski definition) is 2. The Hall–Kier alpha value is -1.88. The second kappa shape index (κ2) is 10.6. The first-order valence-electron chi connectivity index (χ1n) is 10.9. The summed E-state index contributed by atoms with van der Waals surface area (Å²) in [6, 6.07) is 9.61. The Labute approximate surface area is 168 Å². The van der Waals surface area contributed by atoms with Gasteiger partial charge in [0.2, 0.25) is 11.8 Å². The largest absolute Gasteiger partial charge is 0.371 e. The van der Waals surface area contributed by atoms with Crippen LogP contribution in [-0.2, 0) is 20.9 Å². The highest BCUT2D eigenvalue weighted by Crippen LogP contribution is 2.26. The van der Waals surface area contributed by atoms with E-state index in [1.54, 1.807) is 6.92 Å². The van der Waals surface area contributed by atoms with Crippen LogP contribution in [0.5, 0.6) is 0 Å². The molecule has 2 aliphatic rings. The number of carbonyl (C=O) groups excluding carboxylic acids is 2. The van der Waals surface area contributed by atoms with Gasteiger partial charge in [0.25, 0.3) is 0 Å². The molecule has 3 rings (SSSR count). The average Bonchev–Trinajstić information content (AvgIpc) is 3.14. The van der Waals surface area contributed by atoms with Gasteiger partial charge in [-0.25, -0.2) is 0 Å². The van der Waals surface area contributed by atoms with Crippen LogP contribution in [0.15, 0.2) is 30.3 Å². The van der Waals surface area contributed by atoms with Crippen LogP contribution in [0.3, 0.4) is 0 Å². The number of ether oxygens (including phenoxy) is 1. The molecule has 0 aromatic heterocycles. The SMILES string of the molecule is CC(NC(=O)CC1CCCCC1)C(=O)NC1CCCC1OCc1ccccc1. The van der Waals surface area contributed by atoms with Gasteiger partial charge in [-0.05, 0) is 50.5 Å². The fourth-order valence-electron chi connectivity index (χ4n) is 4.40. The molecule has 2 amide bonds. The molecule has 0 heterocycles. The Bertz CT molecular complexity index is 628. The van der Waals surface area contributed by atoms with Crippen LogP contribution in [0.2, 0.25) is 0 Å². The number of amides is 2. The van der Waals surface area contributed by atoms with E-state index >= 15 is 0 Å². The third-order valence-electron chi connectivity index (χ3n) is 6.06. The molecule has 5 heteroatoms. The van der Waals surface area contributed by atoms with Crippen LogP contribution in [-0.4, -0.2) is 30.0 Å². The molecule has 0 saturated heterocycles. The molecule has 2 saturated carbocycles. The Morgan fingerprint density at radius 2 is 1.79 bits per heavy atom. The molecule has 3 atom stereocenters. The summed E-state index contributed by atoms with van der Waals surface area (Å²) in [5, 5.41) is 5.98. The zero-order valence-electron chi connectivity index (χ0n) is 17.0. The predicted molar refractivity (Wildman–Crippen MR) is 110 cm³/mol. The van der Waals surface area contributed by atoms with Crippen molar-refractivity contribution in [1.82, 2.24) is 10.6 Å². The third kappa shape index (κ3) is 6.33. The Kier molecular flexibility index (Phi) is 7.90. The van der Waals surface area contributed by atoms with E-state index in [1.807, 2.05) is 30.3 Å². The van der Waals surface area contributed by atoms with Gasteiger partial charge >= 0.3 is 0 Å². The van der Waals surface area contributed by atoms with Gasteiger partial charge < -0.3 is 15.4 Å². The Balaban J connectivity index is 1.41. The van der Waals surface area contributed by atoms with Crippen molar-refractivity contribution < 1.29 is 14.3 Å². The van der Waals surface area contributed by atoms with Gasteiger partial charge in [-0.1, -0.05) is 49.6 Å². The molecule has 2 N–H and O–H groups in total. The van der Waals surface area contributed by atoms with E-state index in [0.29, 0.717) is 18.9 Å². The van der Waals surface area contributed by atoms with Gasteiger partial charge in [0.1, 0.15) is 6.04 Å². The van der Waals surface area contributed by atoms with Gasteiger partial charge in [0.15, 0.2) is 0 Å². The summed E-state index contributed by atoms with van der Waals surface area (Å²) in [6.45, 7) is 2.33. The normalized spacial score (nSPS) is 23.9. The van der Waals surface area contributed by atoms with Crippen molar-refractivity contribution in [3.63, 3.8) is 0 Å². The Morgan fingerprint density at radius 3 is 2.54 bits per heavy atom. The number of carbonyl (C=O) groups is 2. The van der Waals surface area contributed by atoms with Crippen molar-refractivity contribution in [3.05, 3.63) is 35.9 Å². The van der Waals surface area contributed by atoms with Gasteiger partial charge in [-0.3, -0.25) is 9.59 Å². The van der Waals surface area contributed by atoms with Crippen LogP contribution < -0.4 is 10.6 Å². The van der Waals surface area contributed by atoms with Crippen molar-refractivity contribution in [2.75, 3.05) is 0 Å². The quantitative estimate of drug-likeness (QED) is 0.716. The summed E-state index contributed by atoms with van der Waals surface area (Å²) < 4.78 is 6.06. The first-order valence-corrected chi connectivity index (χ1v) is 10.9. The van der Waals surface area contributed by atoms with Gasteiger partial charge in [0.05, 0.1) is 18.8 Å². The lowest BCUT2D eigenvalue weighted by Crippen LogP contribution is -2.50. The molecule has 0 bridgehead atoms. The summed E-state index contributed by atoms with van der Waals surface area (Å²) in [6.07, 6.45) is 9.51. The van der Waals surface area contributed by atoms with Crippen molar-refractivity contribution in [1.29, 1.82) is 0 Å². The van der Waals surface area contributed by atoms with E-state index < -0.39 is 6.04 Å². The fourth-order valence-corrected chi connectivity index (χ4v) is 4.40. The second-order valence-corrected chi connectivity index (χ2v) is 8.38. The van der Waals surface area contributed by atoms with E-state index in [4.69, 9.17) is 4.74 Å². The van der Waals surface area contributed by atoms with Crippen LogP contribution >= 0.6 is 0 Å². The average molecular weight is 387 g/mol. The smallest absolute Gasteiger partial charge is 0.242 e. The van der Waals surface area contributed by atoms with Crippen molar-refractivity contribution in [2.24, 2.45) is 5.92 Å². The van der Waals surface area contributed by atoms with Crippen LogP contribution in [0, 0.1) is 5.92 Å². The van der Waals surface area contributed by atoms with Gasteiger partial charge in [-0.2, -0.15) is 0 Å². The van der Waals surface area contributed by atoms with Crippen LogP contribution in [0.25, 0.3) is 0 Å². The minimum absolute atomic E-state index is 0.00199. The fraction of sp³-hybridized carbons (Fsp3) is 0.652. The van der Waals surface area contributed by atoms with Crippen LogP contribution in [0.1, 0.15) is 70.3 Å². The Morgan fingerprint density at radius 1 is 1.04 bits per heavy atom. The molecule has 0 aliphatic heterocycles. The molecule has 5 nitrogen and oxygen atoms in total. The molecule has 154 valence electrons. The first-order chi connectivity index (χ1) is 13.6. The minimum atomic E-state index is -0.508. The lowest BCUT2D eigenvalue weighted by molar-refractivity contribution is -0.130. The van der Waals surface area contributed by atoms with E-state index in [-0.39, 0.29) is 24.0 Å². The number of nitrogens with one attached hydrogen (secondary N) is 2. The predicted octanol–water partition coefficient (Wildman–Crippen LogP) is 3.72. The molecular formula is C23H34N2O3. The summed E-state index contributed by atoms with van der Waals surface area (Å²) >= 11 is 0. The monoisotopic (exact) mass is 386 g/mol. The topological polar surface area (TPSA) is 67.4 Å². The zero-order chi connectivity index (χ0) is 19.8. The molecular weight excluding hydrogens is 352 g/mol. The molecule has 1 aromatic rings. The van der Waals surface area contributed by atoms with E-state index in [1.165, 1.54) is 19.3 Å². The number of benzene rings is 1. The maximum atomic E-state index is 12.6. The summed E-state index contributed by atoms with van der Waals surface area (Å²) in [5.41, 5.74) is 1.14. The standard InChI is InChI=1S/C23H34N2O3/c1-17(24-22(26)15-18-9-4-2-5-10-18)23(27)25-20-13-8-14-21(20)28-16-19-11-6-3-7-12-19/h3,6-7,11-12,17-18,20-21H,2,4-5,8-10,13-16H2,1H3,(H,24,26)(H,25,27). The van der Waals surface area contributed by atoms with Crippen molar-refractivity contribution in [3.8, 4) is 0 Å². The van der Waals surface area contributed by atoms with Crippen molar-refractivity contribution in [2.45, 2.75) is 89.5 Å². The number of rotatable bonds is 8. The molecule has 1 aromatic carbocycles. The molecule has 28 heavy (non-hydrogen) atoms. The highest BCUT2D eigenvalue weighted by molar-refractivity contribution is 5.87. The maximum absolute atomic E-state index is 12.6. The van der Waals surface area contributed by atoms with Crippen molar-refractivity contribution >= 4 is 11.8 Å². The van der Waals surface area contributed by atoms with E-state index in [9.17, 15) is 9.59 Å². The maximum Gasteiger partial charge on any atom is 0.242 e.